The fourth-order valence-electron chi connectivity index (χ4n) is 3.38. The summed E-state index contributed by atoms with van der Waals surface area (Å²) in [6.07, 6.45) is 13.0. The molecule has 0 saturated carbocycles. The molecule has 4 heteroatoms. The molecule has 1 aliphatic carbocycles. The van der Waals surface area contributed by atoms with Crippen molar-refractivity contribution in [1.82, 2.24) is 0 Å². The molecule has 0 spiro atoms. The van der Waals surface area contributed by atoms with Gasteiger partial charge < -0.3 is 0 Å². The molecule has 0 radical (unpaired) electrons. The van der Waals surface area contributed by atoms with E-state index in [1.165, 1.54) is 5.56 Å². The highest BCUT2D eigenvalue weighted by Gasteiger charge is 2.22. The largest absolute Gasteiger partial charge is 0.298 e. The van der Waals surface area contributed by atoms with Crippen molar-refractivity contribution < 1.29 is 9.59 Å². The van der Waals surface area contributed by atoms with Gasteiger partial charge in [-0.1, -0.05) is 54.6 Å². The Morgan fingerprint density at radius 2 is 1.62 bits per heavy atom. The summed E-state index contributed by atoms with van der Waals surface area (Å²) < 4.78 is 1.95. The van der Waals surface area contributed by atoms with E-state index in [0.29, 0.717) is 5.92 Å². The van der Waals surface area contributed by atoms with Crippen molar-refractivity contribution in [2.75, 3.05) is 0 Å². The molecule has 0 aliphatic heterocycles. The number of carbonyl (C=O) groups excluding carboxylic acids is 2. The molecule has 1 unspecified atom stereocenters. The number of carbonyl (C=O) groups is 2. The van der Waals surface area contributed by atoms with Crippen molar-refractivity contribution in [3.8, 4) is 0 Å². The molecule has 0 fully saturated rings. The van der Waals surface area contributed by atoms with Crippen LogP contribution in [-0.4, -0.2) is 12.6 Å². The van der Waals surface area contributed by atoms with Crippen molar-refractivity contribution in [3.05, 3.63) is 81.1 Å². The summed E-state index contributed by atoms with van der Waals surface area (Å²) in [4.78, 5) is 25.7. The summed E-state index contributed by atoms with van der Waals surface area (Å²) in [6.45, 7) is 0. The quantitative estimate of drug-likeness (QED) is 0.504. The molecule has 26 heavy (non-hydrogen) atoms. The summed E-state index contributed by atoms with van der Waals surface area (Å²) >= 11 is 3.21. The Bertz CT molecular complexity index is 1010. The van der Waals surface area contributed by atoms with Gasteiger partial charge in [-0.3, -0.25) is 9.59 Å². The third-order valence-electron chi connectivity index (χ3n) is 4.71. The topological polar surface area (TPSA) is 34.1 Å². The van der Waals surface area contributed by atoms with E-state index >= 15 is 0 Å². The molecule has 2 heterocycles. The molecular formula is C22H18O2S2. The van der Waals surface area contributed by atoms with Crippen LogP contribution in [0, 0.1) is 5.92 Å². The van der Waals surface area contributed by atoms with E-state index in [1.54, 1.807) is 22.7 Å². The molecule has 0 N–H and O–H groups in total. The molecular weight excluding hydrogens is 360 g/mol. The Balaban J connectivity index is 1.72. The number of fused-ring (bicyclic) bond motifs is 1. The van der Waals surface area contributed by atoms with Crippen LogP contribution in [0.4, 0.5) is 0 Å². The highest BCUT2D eigenvalue weighted by atomic mass is 32.1. The molecule has 1 aromatic carbocycles. The molecule has 4 rings (SSSR count). The number of aldehydes is 2. The zero-order chi connectivity index (χ0) is 17.9. The molecule has 1 atom stereocenters. The maximum atomic E-state index is 11.8. The lowest BCUT2D eigenvalue weighted by atomic mass is 9.95. The van der Waals surface area contributed by atoms with E-state index in [1.807, 2.05) is 18.2 Å². The van der Waals surface area contributed by atoms with Gasteiger partial charge in [-0.15, -0.1) is 22.7 Å². The molecule has 2 nitrogen and oxygen atoms in total. The molecule has 0 saturated heterocycles. The number of allylic oxidation sites excluding steroid dienone is 4. The van der Waals surface area contributed by atoms with Crippen molar-refractivity contribution in [3.63, 3.8) is 0 Å². The van der Waals surface area contributed by atoms with E-state index in [-0.39, 0.29) is 0 Å². The molecule has 3 aromatic rings. The Morgan fingerprint density at radius 1 is 0.923 bits per heavy atom. The number of rotatable bonds is 6. The van der Waals surface area contributed by atoms with Crippen molar-refractivity contribution in [2.45, 2.75) is 19.3 Å². The van der Waals surface area contributed by atoms with Crippen LogP contribution >= 0.6 is 22.7 Å². The van der Waals surface area contributed by atoms with Crippen LogP contribution in [-0.2, 0) is 12.8 Å². The van der Waals surface area contributed by atoms with E-state index in [2.05, 4.69) is 36.4 Å². The summed E-state index contributed by atoms with van der Waals surface area (Å²) in [7, 11) is 0. The van der Waals surface area contributed by atoms with Crippen LogP contribution in [0.5, 0.6) is 0 Å². The molecule has 1 aliphatic rings. The van der Waals surface area contributed by atoms with Crippen LogP contribution in [0.25, 0.3) is 9.40 Å². The fourth-order valence-corrected chi connectivity index (χ4v) is 6.28. The molecule has 0 amide bonds. The van der Waals surface area contributed by atoms with Crippen LogP contribution in [0.2, 0.25) is 0 Å². The molecule has 2 aromatic heterocycles. The smallest absolute Gasteiger partial charge is 0.152 e. The predicted molar refractivity (Wildman–Crippen MR) is 110 cm³/mol. The Kier molecular flexibility index (Phi) is 4.96. The van der Waals surface area contributed by atoms with Gasteiger partial charge in [0, 0.05) is 27.3 Å². The van der Waals surface area contributed by atoms with Gasteiger partial charge in [0.1, 0.15) is 0 Å². The maximum Gasteiger partial charge on any atom is 0.152 e. The summed E-state index contributed by atoms with van der Waals surface area (Å²) in [5, 5.41) is 0. The van der Waals surface area contributed by atoms with Crippen LogP contribution in [0.1, 0.15) is 42.5 Å². The Hall–Kier alpha value is -2.30. The highest BCUT2D eigenvalue weighted by molar-refractivity contribution is 7.29. The maximum absolute atomic E-state index is 11.8. The van der Waals surface area contributed by atoms with Crippen LogP contribution in [0.15, 0.2) is 54.6 Å². The van der Waals surface area contributed by atoms with Crippen molar-refractivity contribution in [2.24, 2.45) is 5.92 Å². The van der Waals surface area contributed by atoms with Gasteiger partial charge in [-0.2, -0.15) is 0 Å². The first-order chi connectivity index (χ1) is 12.8. The first-order valence-electron chi connectivity index (χ1n) is 8.64. The second-order valence-electron chi connectivity index (χ2n) is 6.45. The standard InChI is InChI=1S/C22H18O2S2/c23-13-17-19(11-15-7-3-1-4-8-15)25-22-18(14-24)20(26-21(17)22)12-16-9-5-2-6-10-16/h1-9,13-14,16H,10-12H2. The Morgan fingerprint density at radius 3 is 2.27 bits per heavy atom. The molecule has 0 bridgehead atoms. The average Bonchev–Trinajstić information content (AvgIpc) is 3.17. The minimum atomic E-state index is 0.426. The van der Waals surface area contributed by atoms with Gasteiger partial charge in [0.15, 0.2) is 12.6 Å². The number of thiophene rings is 2. The summed E-state index contributed by atoms with van der Waals surface area (Å²) in [5.74, 6) is 0.426. The van der Waals surface area contributed by atoms with E-state index < -0.39 is 0 Å². The van der Waals surface area contributed by atoms with Gasteiger partial charge in [0.05, 0.1) is 9.40 Å². The number of hydrogen-bond acceptors (Lipinski definition) is 4. The van der Waals surface area contributed by atoms with Gasteiger partial charge in [0.2, 0.25) is 0 Å². The van der Waals surface area contributed by atoms with Gasteiger partial charge in [0.25, 0.3) is 0 Å². The second kappa shape index (κ2) is 7.52. The first-order valence-corrected chi connectivity index (χ1v) is 10.3. The van der Waals surface area contributed by atoms with Crippen molar-refractivity contribution in [1.29, 1.82) is 0 Å². The lowest BCUT2D eigenvalue weighted by Crippen LogP contribution is -2.02. The molecule has 130 valence electrons. The van der Waals surface area contributed by atoms with Gasteiger partial charge in [-0.25, -0.2) is 0 Å². The minimum Gasteiger partial charge on any atom is -0.298 e. The van der Waals surface area contributed by atoms with E-state index in [9.17, 15) is 9.59 Å². The third kappa shape index (κ3) is 3.22. The zero-order valence-corrected chi connectivity index (χ0v) is 15.8. The van der Waals surface area contributed by atoms with Gasteiger partial charge >= 0.3 is 0 Å². The average molecular weight is 379 g/mol. The first kappa shape index (κ1) is 17.1. The predicted octanol–water partition coefficient (Wildman–Crippen LogP) is 5.85. The number of benzene rings is 1. The lowest BCUT2D eigenvalue weighted by Gasteiger charge is -2.11. The second-order valence-corrected chi connectivity index (χ2v) is 8.66. The fraction of sp³-hybridized carbons (Fsp3) is 0.182. The lowest BCUT2D eigenvalue weighted by molar-refractivity contribution is 0.111. The summed E-state index contributed by atoms with van der Waals surface area (Å²) in [6, 6.07) is 10.1. The van der Waals surface area contributed by atoms with Gasteiger partial charge in [-0.05, 0) is 24.3 Å². The van der Waals surface area contributed by atoms with Crippen molar-refractivity contribution >= 4 is 44.6 Å². The highest BCUT2D eigenvalue weighted by Crippen LogP contribution is 2.42. The zero-order valence-electron chi connectivity index (χ0n) is 14.2. The van der Waals surface area contributed by atoms with E-state index in [0.717, 1.165) is 62.1 Å². The third-order valence-corrected chi connectivity index (χ3v) is 7.34. The Labute approximate surface area is 160 Å². The van der Waals surface area contributed by atoms with Crippen LogP contribution in [0.3, 0.4) is 0 Å². The SMILES string of the molecule is O=Cc1c(Cc2ccccc2)sc2c(C=O)c(CC3C=CC=CC3)sc12. The summed E-state index contributed by atoms with van der Waals surface area (Å²) in [5.41, 5.74) is 2.71. The van der Waals surface area contributed by atoms with Crippen LogP contribution < -0.4 is 0 Å². The minimum absolute atomic E-state index is 0.426. The normalized spacial score (nSPS) is 16.2. The monoisotopic (exact) mass is 378 g/mol. The number of hydrogen-bond donors (Lipinski definition) is 0. The van der Waals surface area contributed by atoms with E-state index in [4.69, 9.17) is 0 Å².